The van der Waals surface area contributed by atoms with Gasteiger partial charge in [0.15, 0.2) is 17.9 Å². The van der Waals surface area contributed by atoms with Crippen molar-refractivity contribution in [3.8, 4) is 17.2 Å². The van der Waals surface area contributed by atoms with Crippen molar-refractivity contribution in [1.82, 2.24) is 9.99 Å². The van der Waals surface area contributed by atoms with Gasteiger partial charge in [0.2, 0.25) is 0 Å². The van der Waals surface area contributed by atoms with E-state index >= 15 is 4.39 Å². The Balaban J connectivity index is 1.53. The van der Waals surface area contributed by atoms with Gasteiger partial charge in [0.25, 0.3) is 5.91 Å². The number of para-hydroxylation sites is 1. The summed E-state index contributed by atoms with van der Waals surface area (Å²) in [6, 6.07) is 20.0. The third-order valence-electron chi connectivity index (χ3n) is 5.96. The normalized spacial score (nSPS) is 12.2. The van der Waals surface area contributed by atoms with Crippen molar-refractivity contribution in [2.75, 3.05) is 24.4 Å². The summed E-state index contributed by atoms with van der Waals surface area (Å²) in [6.07, 6.45) is 1.21. The fourth-order valence-electron chi connectivity index (χ4n) is 3.94. The quantitative estimate of drug-likeness (QED) is 0.0767. The predicted molar refractivity (Wildman–Crippen MR) is 151 cm³/mol. The number of halogens is 1. The highest BCUT2D eigenvalue weighted by Gasteiger charge is 2.20. The number of hydrogen-bond acceptors (Lipinski definition) is 8. The van der Waals surface area contributed by atoms with E-state index in [0.717, 1.165) is 6.07 Å². The van der Waals surface area contributed by atoms with Gasteiger partial charge in [-0.25, -0.2) is 4.39 Å². The Labute approximate surface area is 230 Å². The summed E-state index contributed by atoms with van der Waals surface area (Å²) in [5.74, 6) is -0.480. The molecule has 1 amide bonds. The van der Waals surface area contributed by atoms with E-state index in [9.17, 15) is 14.7 Å². The molecule has 0 saturated carbocycles. The maximum Gasteiger partial charge on any atom is 0.260 e. The number of nitrogens with one attached hydrogen (secondary N) is 2. The molecule has 206 valence electrons. The molecule has 1 aromatic heterocycles. The second-order valence-electron chi connectivity index (χ2n) is 8.95. The molecular formula is C30H29FN4O5. The molecule has 0 aliphatic heterocycles. The molecule has 0 aliphatic rings. The first-order chi connectivity index (χ1) is 19.3. The Morgan fingerprint density at radius 3 is 2.52 bits per heavy atom. The van der Waals surface area contributed by atoms with Crippen LogP contribution < -0.4 is 20.2 Å². The first kappa shape index (κ1) is 28.1. The summed E-state index contributed by atoms with van der Waals surface area (Å²) in [4.78, 5) is 29.3. The zero-order valence-electron chi connectivity index (χ0n) is 22.2. The van der Waals surface area contributed by atoms with Gasteiger partial charge in [-0.2, -0.15) is 0 Å². The number of ether oxygens (including phenoxy) is 2. The van der Waals surface area contributed by atoms with E-state index in [4.69, 9.17) is 9.47 Å². The van der Waals surface area contributed by atoms with Crippen molar-refractivity contribution in [1.29, 1.82) is 0 Å². The first-order valence-electron chi connectivity index (χ1n) is 12.4. The average molecular weight is 545 g/mol. The second-order valence-corrected chi connectivity index (χ2v) is 8.95. The van der Waals surface area contributed by atoms with Crippen molar-refractivity contribution in [3.05, 3.63) is 96.1 Å². The number of aliphatic hydroxyl groups is 1. The number of pyridine rings is 1. The molecule has 4 aromatic rings. The van der Waals surface area contributed by atoms with Crippen LogP contribution in [0.25, 0.3) is 10.9 Å². The first-order valence-corrected chi connectivity index (χ1v) is 12.4. The Morgan fingerprint density at radius 2 is 1.85 bits per heavy atom. The highest BCUT2D eigenvalue weighted by Crippen LogP contribution is 2.33. The number of anilines is 2. The van der Waals surface area contributed by atoms with Crippen molar-refractivity contribution in [3.63, 3.8) is 0 Å². The molecule has 0 saturated heterocycles. The highest BCUT2D eigenvalue weighted by atomic mass is 19.1. The number of methoxy groups -OCH3 is 1. The third kappa shape index (κ3) is 6.72. The average Bonchev–Trinajstić information content (AvgIpc) is 2.94. The van der Waals surface area contributed by atoms with E-state index in [-0.39, 0.29) is 29.3 Å². The van der Waals surface area contributed by atoms with Gasteiger partial charge < -0.3 is 19.9 Å². The summed E-state index contributed by atoms with van der Waals surface area (Å²) in [6.45, 7) is 3.27. The van der Waals surface area contributed by atoms with Crippen molar-refractivity contribution in [2.45, 2.75) is 20.0 Å². The molecular weight excluding hydrogens is 515 g/mol. The van der Waals surface area contributed by atoms with Crippen LogP contribution in [-0.2, 0) is 9.59 Å². The smallest absolute Gasteiger partial charge is 0.260 e. The SMILES string of the molecule is COc1ccc2c(Oc3ccc(NC(=O)/C(C=O)=C(\C)N(CC(C)O)Nc4ccccc4)cc3F)ccnc2c1. The van der Waals surface area contributed by atoms with E-state index in [1.165, 1.54) is 17.1 Å². The lowest BCUT2D eigenvalue weighted by Gasteiger charge is -2.29. The van der Waals surface area contributed by atoms with Crippen molar-refractivity contribution in [2.24, 2.45) is 0 Å². The molecule has 4 rings (SSSR count). The van der Waals surface area contributed by atoms with E-state index in [1.54, 1.807) is 63.6 Å². The summed E-state index contributed by atoms with van der Waals surface area (Å²) >= 11 is 0. The molecule has 1 atom stereocenters. The predicted octanol–water partition coefficient (Wildman–Crippen LogP) is 5.30. The van der Waals surface area contributed by atoms with Crippen LogP contribution >= 0.6 is 0 Å². The molecule has 9 nitrogen and oxygen atoms in total. The Hall–Kier alpha value is -4.96. The lowest BCUT2D eigenvalue weighted by atomic mass is 10.2. The molecule has 1 heterocycles. The van der Waals surface area contributed by atoms with E-state index < -0.39 is 17.8 Å². The molecule has 0 aliphatic carbocycles. The molecule has 3 N–H and O–H groups in total. The molecule has 0 spiro atoms. The second kappa shape index (κ2) is 12.7. The number of carbonyl (C=O) groups is 2. The highest BCUT2D eigenvalue weighted by molar-refractivity contribution is 6.17. The lowest BCUT2D eigenvalue weighted by Crippen LogP contribution is -2.36. The molecule has 10 heteroatoms. The monoisotopic (exact) mass is 544 g/mol. The van der Waals surface area contributed by atoms with Gasteiger partial charge in [0.05, 0.1) is 31.0 Å². The number of rotatable bonds is 11. The van der Waals surface area contributed by atoms with Crippen LogP contribution in [0.2, 0.25) is 0 Å². The minimum atomic E-state index is -0.761. The number of carbonyl (C=O) groups excluding carboxylic acids is 2. The van der Waals surface area contributed by atoms with Crippen LogP contribution in [0.1, 0.15) is 13.8 Å². The van der Waals surface area contributed by atoms with Gasteiger partial charge in [0, 0.05) is 35.1 Å². The molecule has 0 bridgehead atoms. The van der Waals surface area contributed by atoms with Crippen LogP contribution in [-0.4, -0.2) is 47.1 Å². The lowest BCUT2D eigenvalue weighted by molar-refractivity contribution is -0.115. The summed E-state index contributed by atoms with van der Waals surface area (Å²) < 4.78 is 26.1. The molecule has 1 unspecified atom stereocenters. The fourth-order valence-corrected chi connectivity index (χ4v) is 3.94. The summed E-state index contributed by atoms with van der Waals surface area (Å²) in [7, 11) is 1.56. The van der Waals surface area contributed by atoms with Gasteiger partial charge in [-0.1, -0.05) is 18.2 Å². The maximum absolute atomic E-state index is 15.0. The Morgan fingerprint density at radius 1 is 1.07 bits per heavy atom. The zero-order chi connectivity index (χ0) is 28.6. The van der Waals surface area contributed by atoms with Crippen molar-refractivity contribution >= 4 is 34.5 Å². The third-order valence-corrected chi connectivity index (χ3v) is 5.96. The number of hydrazine groups is 1. The van der Waals surface area contributed by atoms with Crippen LogP contribution in [0.15, 0.2) is 90.3 Å². The van der Waals surface area contributed by atoms with E-state index in [1.807, 2.05) is 18.2 Å². The number of fused-ring (bicyclic) bond motifs is 1. The van der Waals surface area contributed by atoms with Crippen LogP contribution in [0.3, 0.4) is 0 Å². The number of hydrogen-bond donors (Lipinski definition) is 3. The van der Waals surface area contributed by atoms with Gasteiger partial charge in [-0.3, -0.25) is 25.0 Å². The van der Waals surface area contributed by atoms with Crippen LogP contribution in [0.4, 0.5) is 15.8 Å². The molecule has 0 fully saturated rings. The number of amides is 1. The van der Waals surface area contributed by atoms with E-state index in [2.05, 4.69) is 15.7 Å². The largest absolute Gasteiger partial charge is 0.497 e. The molecule has 3 aromatic carbocycles. The summed E-state index contributed by atoms with van der Waals surface area (Å²) in [5, 5.41) is 14.7. The van der Waals surface area contributed by atoms with Gasteiger partial charge in [0.1, 0.15) is 17.1 Å². The summed E-state index contributed by atoms with van der Waals surface area (Å²) in [5.41, 5.74) is 4.63. The number of aliphatic hydroxyl groups excluding tert-OH is 1. The van der Waals surface area contributed by atoms with E-state index in [0.29, 0.717) is 34.4 Å². The Kier molecular flexibility index (Phi) is 8.93. The number of aldehydes is 1. The number of allylic oxidation sites excluding steroid dienone is 1. The van der Waals surface area contributed by atoms with Crippen molar-refractivity contribution < 1.29 is 28.6 Å². The van der Waals surface area contributed by atoms with Crippen LogP contribution in [0, 0.1) is 5.82 Å². The number of nitrogens with zero attached hydrogens (tertiary/aromatic N) is 2. The minimum Gasteiger partial charge on any atom is -0.497 e. The maximum atomic E-state index is 15.0. The topological polar surface area (TPSA) is 113 Å². The van der Waals surface area contributed by atoms with Gasteiger partial charge in [-0.15, -0.1) is 0 Å². The number of aromatic nitrogens is 1. The van der Waals surface area contributed by atoms with Gasteiger partial charge >= 0.3 is 0 Å². The van der Waals surface area contributed by atoms with Crippen LogP contribution in [0.5, 0.6) is 17.2 Å². The minimum absolute atomic E-state index is 0.0566. The number of benzene rings is 3. The Bertz CT molecular complexity index is 1540. The molecule has 40 heavy (non-hydrogen) atoms. The molecule has 0 radical (unpaired) electrons. The standard InChI is InChI=1S/C30H29FN4O5/c1-19(37)17-35(34-21-7-5-4-6-8-21)20(2)25(18-36)30(38)33-22-9-12-29(26(31)15-22)40-28-13-14-32-27-16-23(39-3)10-11-24(27)28/h4-16,18-19,34,37H,17H2,1-3H3,(H,33,38)/b25-20+. The fraction of sp³-hybridized carbons (Fsp3) is 0.167. The van der Waals surface area contributed by atoms with Gasteiger partial charge in [-0.05, 0) is 56.3 Å². The zero-order valence-corrected chi connectivity index (χ0v) is 22.2.